The molecule has 0 aliphatic carbocycles. The molecule has 0 amide bonds. The first-order valence-electron chi connectivity index (χ1n) is 4.50. The van der Waals surface area contributed by atoms with Crippen molar-refractivity contribution in [3.63, 3.8) is 0 Å². The average molecular weight is 196 g/mol. The molecule has 1 rings (SSSR count). The summed E-state index contributed by atoms with van der Waals surface area (Å²) in [6.45, 7) is 1.73. The average Bonchev–Trinajstić information content (AvgIpc) is 2.21. The van der Waals surface area contributed by atoms with Gasteiger partial charge >= 0.3 is 0 Å². The molecule has 3 heteroatoms. The number of hydrogen-bond acceptors (Lipinski definition) is 2. The standard InChI is InChI=1S/C11H13FO2/c1-3-10(13)11(14-2)8-6-4-5-7-9(8)12/h4-7,11H,3H2,1-2H3. The van der Waals surface area contributed by atoms with Gasteiger partial charge in [0.2, 0.25) is 0 Å². The van der Waals surface area contributed by atoms with Crippen LogP contribution < -0.4 is 0 Å². The molecule has 0 fully saturated rings. The van der Waals surface area contributed by atoms with Gasteiger partial charge in [-0.1, -0.05) is 25.1 Å². The van der Waals surface area contributed by atoms with Gasteiger partial charge in [-0.15, -0.1) is 0 Å². The number of ketones is 1. The summed E-state index contributed by atoms with van der Waals surface area (Å²) in [6, 6.07) is 6.16. The minimum atomic E-state index is -0.777. The van der Waals surface area contributed by atoms with Crippen molar-refractivity contribution in [1.82, 2.24) is 0 Å². The van der Waals surface area contributed by atoms with E-state index in [1.165, 1.54) is 13.2 Å². The third-order valence-electron chi connectivity index (χ3n) is 2.06. The third-order valence-corrected chi connectivity index (χ3v) is 2.06. The summed E-state index contributed by atoms with van der Waals surface area (Å²) in [6.07, 6.45) is -0.437. The highest BCUT2D eigenvalue weighted by Gasteiger charge is 2.20. The summed E-state index contributed by atoms with van der Waals surface area (Å²) in [7, 11) is 1.41. The van der Waals surface area contributed by atoms with Crippen molar-refractivity contribution in [3.8, 4) is 0 Å². The zero-order valence-corrected chi connectivity index (χ0v) is 8.29. The van der Waals surface area contributed by atoms with Crippen molar-refractivity contribution in [2.45, 2.75) is 19.4 Å². The Kier molecular flexibility index (Phi) is 3.77. The van der Waals surface area contributed by atoms with Crippen LogP contribution in [0.5, 0.6) is 0 Å². The largest absolute Gasteiger partial charge is 0.369 e. The summed E-state index contributed by atoms with van der Waals surface area (Å²) >= 11 is 0. The fraction of sp³-hybridized carbons (Fsp3) is 0.364. The Morgan fingerprint density at radius 2 is 2.14 bits per heavy atom. The van der Waals surface area contributed by atoms with Crippen molar-refractivity contribution >= 4 is 5.78 Å². The second-order valence-corrected chi connectivity index (χ2v) is 2.96. The van der Waals surface area contributed by atoms with Gasteiger partial charge in [0.05, 0.1) is 0 Å². The molecule has 2 nitrogen and oxygen atoms in total. The van der Waals surface area contributed by atoms with Gasteiger partial charge in [0, 0.05) is 19.1 Å². The molecule has 0 aromatic heterocycles. The van der Waals surface area contributed by atoms with Crippen molar-refractivity contribution in [1.29, 1.82) is 0 Å². The van der Waals surface area contributed by atoms with Crippen LogP contribution in [-0.2, 0) is 9.53 Å². The number of carbonyl (C=O) groups is 1. The van der Waals surface area contributed by atoms with Gasteiger partial charge in [-0.3, -0.25) is 4.79 Å². The number of halogens is 1. The van der Waals surface area contributed by atoms with Gasteiger partial charge in [0.25, 0.3) is 0 Å². The molecule has 0 heterocycles. The smallest absolute Gasteiger partial charge is 0.165 e. The molecule has 0 spiro atoms. The van der Waals surface area contributed by atoms with Gasteiger partial charge in [0.15, 0.2) is 5.78 Å². The number of methoxy groups -OCH3 is 1. The number of Topliss-reactive ketones (excluding diaryl/α,β-unsaturated/α-hetero) is 1. The van der Waals surface area contributed by atoms with Crippen molar-refractivity contribution in [3.05, 3.63) is 35.6 Å². The molecule has 14 heavy (non-hydrogen) atoms. The number of ether oxygens (including phenoxy) is 1. The summed E-state index contributed by atoms with van der Waals surface area (Å²) in [5.41, 5.74) is 0.307. The van der Waals surface area contributed by atoms with E-state index in [9.17, 15) is 9.18 Å². The number of hydrogen-bond donors (Lipinski definition) is 0. The van der Waals surface area contributed by atoms with Crippen molar-refractivity contribution in [2.24, 2.45) is 0 Å². The summed E-state index contributed by atoms with van der Waals surface area (Å²) < 4.78 is 18.3. The Hall–Kier alpha value is -1.22. The first-order valence-corrected chi connectivity index (χ1v) is 4.50. The molecule has 0 saturated carbocycles. The van der Waals surface area contributed by atoms with Crippen LogP contribution in [0.2, 0.25) is 0 Å². The van der Waals surface area contributed by atoms with Crippen LogP contribution in [0.3, 0.4) is 0 Å². The van der Waals surface area contributed by atoms with Crippen LogP contribution in [0.4, 0.5) is 4.39 Å². The Morgan fingerprint density at radius 1 is 1.50 bits per heavy atom. The van der Waals surface area contributed by atoms with Gasteiger partial charge in [0.1, 0.15) is 11.9 Å². The van der Waals surface area contributed by atoms with E-state index >= 15 is 0 Å². The molecule has 0 bridgehead atoms. The lowest BCUT2D eigenvalue weighted by Gasteiger charge is -2.13. The number of rotatable bonds is 4. The second kappa shape index (κ2) is 4.86. The van der Waals surface area contributed by atoms with Gasteiger partial charge in [-0.2, -0.15) is 0 Å². The zero-order chi connectivity index (χ0) is 10.6. The normalized spacial score (nSPS) is 12.5. The molecule has 1 unspecified atom stereocenters. The highest BCUT2D eigenvalue weighted by molar-refractivity contribution is 5.84. The van der Waals surface area contributed by atoms with Crippen LogP contribution in [0, 0.1) is 5.82 Å². The van der Waals surface area contributed by atoms with E-state index < -0.39 is 11.9 Å². The van der Waals surface area contributed by atoms with E-state index in [-0.39, 0.29) is 5.78 Å². The lowest BCUT2D eigenvalue weighted by molar-refractivity contribution is -0.129. The minimum absolute atomic E-state index is 0.113. The first kappa shape index (κ1) is 10.9. The second-order valence-electron chi connectivity index (χ2n) is 2.96. The maximum atomic E-state index is 13.3. The predicted molar refractivity (Wildman–Crippen MR) is 51.4 cm³/mol. The maximum absolute atomic E-state index is 13.3. The van der Waals surface area contributed by atoms with E-state index in [1.807, 2.05) is 0 Å². The van der Waals surface area contributed by atoms with Gasteiger partial charge in [-0.25, -0.2) is 4.39 Å². The molecular formula is C11H13FO2. The van der Waals surface area contributed by atoms with Crippen LogP contribution in [-0.4, -0.2) is 12.9 Å². The topological polar surface area (TPSA) is 26.3 Å². The molecule has 0 N–H and O–H groups in total. The molecule has 1 atom stereocenters. The van der Waals surface area contributed by atoms with Crippen LogP contribution in [0.25, 0.3) is 0 Å². The molecule has 76 valence electrons. The van der Waals surface area contributed by atoms with Gasteiger partial charge in [-0.05, 0) is 6.07 Å². The molecule has 0 aliphatic rings. The third kappa shape index (κ3) is 2.17. The number of benzene rings is 1. The molecule has 0 aliphatic heterocycles. The minimum Gasteiger partial charge on any atom is -0.369 e. The van der Waals surface area contributed by atoms with E-state index in [2.05, 4.69) is 0 Å². The highest BCUT2D eigenvalue weighted by Crippen LogP contribution is 2.21. The zero-order valence-electron chi connectivity index (χ0n) is 8.29. The molecule has 0 saturated heterocycles. The van der Waals surface area contributed by atoms with Crippen molar-refractivity contribution in [2.75, 3.05) is 7.11 Å². The lowest BCUT2D eigenvalue weighted by Crippen LogP contribution is -2.14. The SMILES string of the molecule is CCC(=O)C(OC)c1ccccc1F. The molecular weight excluding hydrogens is 183 g/mol. The van der Waals surface area contributed by atoms with Crippen LogP contribution in [0.15, 0.2) is 24.3 Å². The van der Waals surface area contributed by atoms with Gasteiger partial charge < -0.3 is 4.74 Å². The maximum Gasteiger partial charge on any atom is 0.165 e. The van der Waals surface area contributed by atoms with E-state index in [4.69, 9.17) is 4.74 Å². The predicted octanol–water partition coefficient (Wildman–Crippen LogP) is 2.49. The Bertz CT molecular complexity index is 323. The molecule has 0 radical (unpaired) electrons. The van der Waals surface area contributed by atoms with Crippen molar-refractivity contribution < 1.29 is 13.9 Å². The summed E-state index contributed by atoms with van der Waals surface area (Å²) in [5.74, 6) is -0.515. The Labute approximate surface area is 82.7 Å². The van der Waals surface area contributed by atoms with Crippen LogP contribution >= 0.6 is 0 Å². The fourth-order valence-electron chi connectivity index (χ4n) is 1.30. The van der Waals surface area contributed by atoms with Crippen LogP contribution in [0.1, 0.15) is 25.0 Å². The summed E-state index contributed by atoms with van der Waals surface area (Å²) in [4.78, 5) is 11.4. The summed E-state index contributed by atoms with van der Waals surface area (Å²) in [5, 5.41) is 0. The Morgan fingerprint density at radius 3 is 2.64 bits per heavy atom. The molecule has 1 aromatic carbocycles. The first-order chi connectivity index (χ1) is 6.70. The monoisotopic (exact) mass is 196 g/mol. The quantitative estimate of drug-likeness (QED) is 0.739. The fourth-order valence-corrected chi connectivity index (χ4v) is 1.30. The molecule has 1 aromatic rings. The van der Waals surface area contributed by atoms with E-state index in [0.29, 0.717) is 12.0 Å². The van der Waals surface area contributed by atoms with E-state index in [1.54, 1.807) is 25.1 Å². The highest BCUT2D eigenvalue weighted by atomic mass is 19.1. The van der Waals surface area contributed by atoms with E-state index in [0.717, 1.165) is 0 Å². The number of carbonyl (C=O) groups excluding carboxylic acids is 1. The lowest BCUT2D eigenvalue weighted by atomic mass is 10.0. The Balaban J connectivity index is 3.01.